The van der Waals surface area contributed by atoms with Gasteiger partial charge in [-0.3, -0.25) is 4.79 Å². The highest BCUT2D eigenvalue weighted by molar-refractivity contribution is 5.97. The summed E-state index contributed by atoms with van der Waals surface area (Å²) in [6, 6.07) is 4.30. The van der Waals surface area contributed by atoms with E-state index in [4.69, 9.17) is 5.11 Å². The van der Waals surface area contributed by atoms with E-state index in [0.717, 1.165) is 6.42 Å². The van der Waals surface area contributed by atoms with Gasteiger partial charge in [0.2, 0.25) is 0 Å². The van der Waals surface area contributed by atoms with Gasteiger partial charge < -0.3 is 14.9 Å². The Morgan fingerprint density at radius 3 is 2.90 bits per heavy atom. The van der Waals surface area contributed by atoms with Crippen molar-refractivity contribution >= 4 is 5.91 Å². The molecule has 2 rings (SSSR count). The third-order valence-corrected chi connectivity index (χ3v) is 3.70. The van der Waals surface area contributed by atoms with Crippen molar-refractivity contribution < 1.29 is 14.3 Å². The fourth-order valence-electron chi connectivity index (χ4n) is 2.46. The number of amides is 1. The lowest BCUT2D eigenvalue weighted by atomic mass is 10.1. The monoisotopic (exact) mass is 290 g/mol. The van der Waals surface area contributed by atoms with Crippen molar-refractivity contribution in [1.29, 1.82) is 0 Å². The number of likely N-dealkylation sites (N-methyl/N-ethyl adjacent to an activating group) is 1. The largest absolute Gasteiger partial charge is 0.384 e. The van der Waals surface area contributed by atoms with Crippen LogP contribution in [0.2, 0.25) is 0 Å². The third kappa shape index (κ3) is 3.60. The molecule has 21 heavy (non-hydrogen) atoms. The molecule has 1 atom stereocenters. The van der Waals surface area contributed by atoms with E-state index in [-0.39, 0.29) is 12.5 Å². The van der Waals surface area contributed by atoms with Crippen molar-refractivity contribution in [3.63, 3.8) is 0 Å². The average molecular weight is 290 g/mol. The molecule has 1 saturated heterocycles. The number of likely N-dealkylation sites (tertiary alicyclic amines) is 1. The summed E-state index contributed by atoms with van der Waals surface area (Å²) in [4.78, 5) is 16.4. The highest BCUT2D eigenvalue weighted by Crippen LogP contribution is 2.19. The summed E-state index contributed by atoms with van der Waals surface area (Å²) >= 11 is 0. The van der Waals surface area contributed by atoms with Gasteiger partial charge in [0.15, 0.2) is 0 Å². The number of carbonyl (C=O) groups excluding carboxylic acids is 1. The van der Waals surface area contributed by atoms with Crippen LogP contribution in [-0.4, -0.2) is 60.6 Å². The van der Waals surface area contributed by atoms with Crippen LogP contribution in [0.15, 0.2) is 18.2 Å². The van der Waals surface area contributed by atoms with Gasteiger partial charge in [0, 0.05) is 24.7 Å². The smallest absolute Gasteiger partial charge is 0.255 e. The molecule has 1 amide bonds. The van der Waals surface area contributed by atoms with Crippen LogP contribution in [0.4, 0.5) is 4.39 Å². The zero-order chi connectivity index (χ0) is 15.4. The second-order valence-corrected chi connectivity index (χ2v) is 5.31. The SMILES string of the molecule is CN(C)C1CCN(C(=O)c2ccc(F)cc2C#CCO)C1. The van der Waals surface area contributed by atoms with Gasteiger partial charge in [-0.1, -0.05) is 11.8 Å². The van der Waals surface area contributed by atoms with Gasteiger partial charge in [-0.15, -0.1) is 0 Å². The Balaban J connectivity index is 2.23. The van der Waals surface area contributed by atoms with Gasteiger partial charge in [0.1, 0.15) is 12.4 Å². The maximum absolute atomic E-state index is 13.3. The fourth-order valence-corrected chi connectivity index (χ4v) is 2.46. The molecule has 112 valence electrons. The standard InChI is InChI=1S/C16H19FN2O2/c1-18(2)14-7-8-19(11-14)16(21)15-6-5-13(17)10-12(15)4-3-9-20/h5-6,10,14,20H,7-9,11H2,1-2H3. The van der Waals surface area contributed by atoms with Gasteiger partial charge in [-0.05, 0) is 38.7 Å². The van der Waals surface area contributed by atoms with Crippen LogP contribution in [0.3, 0.4) is 0 Å². The molecule has 1 aliphatic rings. The lowest BCUT2D eigenvalue weighted by Crippen LogP contribution is -2.34. The maximum Gasteiger partial charge on any atom is 0.255 e. The van der Waals surface area contributed by atoms with E-state index < -0.39 is 5.82 Å². The molecule has 0 radical (unpaired) electrons. The van der Waals surface area contributed by atoms with Gasteiger partial charge in [-0.25, -0.2) is 4.39 Å². The Hall–Kier alpha value is -1.90. The molecule has 0 aromatic heterocycles. The molecule has 1 aromatic rings. The van der Waals surface area contributed by atoms with Crippen molar-refractivity contribution in [2.24, 2.45) is 0 Å². The molecule has 4 nitrogen and oxygen atoms in total. The highest BCUT2D eigenvalue weighted by Gasteiger charge is 2.28. The third-order valence-electron chi connectivity index (χ3n) is 3.70. The maximum atomic E-state index is 13.3. The second-order valence-electron chi connectivity index (χ2n) is 5.31. The molecule has 1 unspecified atom stereocenters. The number of benzene rings is 1. The molecule has 1 aliphatic heterocycles. The summed E-state index contributed by atoms with van der Waals surface area (Å²) < 4.78 is 13.3. The first-order valence-corrected chi connectivity index (χ1v) is 6.88. The average Bonchev–Trinajstić information content (AvgIpc) is 2.94. The molecular weight excluding hydrogens is 271 g/mol. The quantitative estimate of drug-likeness (QED) is 0.825. The van der Waals surface area contributed by atoms with E-state index in [1.165, 1.54) is 18.2 Å². The second kappa shape index (κ2) is 6.70. The van der Waals surface area contributed by atoms with Crippen LogP contribution in [0.5, 0.6) is 0 Å². The number of rotatable bonds is 2. The molecule has 1 fully saturated rings. The zero-order valence-electron chi connectivity index (χ0n) is 12.3. The van der Waals surface area contributed by atoms with E-state index in [1.54, 1.807) is 4.90 Å². The zero-order valence-corrected chi connectivity index (χ0v) is 12.3. The van der Waals surface area contributed by atoms with Crippen LogP contribution in [0.25, 0.3) is 0 Å². The van der Waals surface area contributed by atoms with Crippen LogP contribution in [0.1, 0.15) is 22.3 Å². The summed E-state index contributed by atoms with van der Waals surface area (Å²) in [7, 11) is 3.99. The van der Waals surface area contributed by atoms with E-state index >= 15 is 0 Å². The number of halogens is 1. The molecule has 0 bridgehead atoms. The lowest BCUT2D eigenvalue weighted by molar-refractivity contribution is 0.0782. The Labute approximate surface area is 124 Å². The summed E-state index contributed by atoms with van der Waals surface area (Å²) in [5, 5.41) is 8.77. The van der Waals surface area contributed by atoms with E-state index in [9.17, 15) is 9.18 Å². The minimum absolute atomic E-state index is 0.137. The van der Waals surface area contributed by atoms with E-state index in [1.807, 2.05) is 14.1 Å². The Morgan fingerprint density at radius 1 is 1.52 bits per heavy atom. The molecule has 0 saturated carbocycles. The molecular formula is C16H19FN2O2. The number of aliphatic hydroxyl groups is 1. The summed E-state index contributed by atoms with van der Waals surface area (Å²) in [6.45, 7) is 1.03. The van der Waals surface area contributed by atoms with Crippen LogP contribution < -0.4 is 0 Å². The van der Waals surface area contributed by atoms with Crippen LogP contribution in [-0.2, 0) is 0 Å². The fraction of sp³-hybridized carbons (Fsp3) is 0.438. The van der Waals surface area contributed by atoms with Crippen molar-refractivity contribution in [2.45, 2.75) is 12.5 Å². The normalized spacial score (nSPS) is 17.8. The summed E-state index contributed by atoms with van der Waals surface area (Å²) in [6.07, 6.45) is 0.928. The predicted octanol–water partition coefficient (Wildman–Crippen LogP) is 0.946. The van der Waals surface area contributed by atoms with Crippen molar-refractivity contribution in [3.8, 4) is 11.8 Å². The number of carbonyl (C=O) groups is 1. The van der Waals surface area contributed by atoms with Gasteiger partial charge in [0.25, 0.3) is 5.91 Å². The molecule has 1 N–H and O–H groups in total. The van der Waals surface area contributed by atoms with E-state index in [2.05, 4.69) is 16.7 Å². The first-order valence-electron chi connectivity index (χ1n) is 6.88. The Bertz CT molecular complexity index is 590. The minimum Gasteiger partial charge on any atom is -0.384 e. The Morgan fingerprint density at radius 2 is 2.29 bits per heavy atom. The Kier molecular flexibility index (Phi) is 4.94. The van der Waals surface area contributed by atoms with Crippen LogP contribution in [0, 0.1) is 17.7 Å². The lowest BCUT2D eigenvalue weighted by Gasteiger charge is -2.20. The molecule has 0 spiro atoms. The number of nitrogens with zero attached hydrogens (tertiary/aromatic N) is 2. The van der Waals surface area contributed by atoms with Crippen molar-refractivity contribution in [1.82, 2.24) is 9.80 Å². The minimum atomic E-state index is -0.443. The number of hydrogen-bond acceptors (Lipinski definition) is 3. The van der Waals surface area contributed by atoms with Crippen molar-refractivity contribution in [3.05, 3.63) is 35.1 Å². The number of hydrogen-bond donors (Lipinski definition) is 1. The van der Waals surface area contributed by atoms with Gasteiger partial charge >= 0.3 is 0 Å². The number of aliphatic hydroxyl groups excluding tert-OH is 1. The van der Waals surface area contributed by atoms with E-state index in [0.29, 0.717) is 30.3 Å². The first-order chi connectivity index (χ1) is 10.0. The molecule has 1 heterocycles. The molecule has 0 aliphatic carbocycles. The van der Waals surface area contributed by atoms with Crippen molar-refractivity contribution in [2.75, 3.05) is 33.8 Å². The van der Waals surface area contributed by atoms with Crippen LogP contribution >= 0.6 is 0 Å². The molecule has 1 aromatic carbocycles. The summed E-state index contributed by atoms with van der Waals surface area (Å²) in [5.74, 6) is 4.53. The predicted molar refractivity (Wildman–Crippen MR) is 78.4 cm³/mol. The topological polar surface area (TPSA) is 43.8 Å². The molecule has 5 heteroatoms. The highest BCUT2D eigenvalue weighted by atomic mass is 19.1. The summed E-state index contributed by atoms with van der Waals surface area (Å²) in [5.41, 5.74) is 0.708. The van der Waals surface area contributed by atoms with Gasteiger partial charge in [-0.2, -0.15) is 0 Å². The van der Waals surface area contributed by atoms with Gasteiger partial charge in [0.05, 0.1) is 5.56 Å². The first kappa shape index (κ1) is 15.5.